The number of carbonyl (C=O) groups is 3. The molecule has 0 fully saturated rings. The molecule has 8 nitrogen and oxygen atoms in total. The molecule has 0 unspecified atom stereocenters. The van der Waals surface area contributed by atoms with E-state index in [1.165, 1.54) is 32.6 Å². The van der Waals surface area contributed by atoms with Crippen LogP contribution in [0.5, 0.6) is 0 Å². The molecule has 0 saturated carbocycles. The third kappa shape index (κ3) is 15.0. The van der Waals surface area contributed by atoms with Gasteiger partial charge in [0.2, 0.25) is 17.7 Å². The summed E-state index contributed by atoms with van der Waals surface area (Å²) in [7, 11) is -1.70. The highest BCUT2D eigenvalue weighted by Crippen LogP contribution is 2.09. The molecule has 0 bridgehead atoms. The van der Waals surface area contributed by atoms with Crippen molar-refractivity contribution in [2.45, 2.75) is 97.5 Å². The highest BCUT2D eigenvalue weighted by Gasteiger charge is 2.29. The molecule has 9 heteroatoms. The molecule has 0 aromatic carbocycles. The fourth-order valence-corrected chi connectivity index (χ4v) is 3.01. The summed E-state index contributed by atoms with van der Waals surface area (Å²) in [4.78, 5) is 36.0. The minimum Gasteiger partial charge on any atom is -0.426 e. The Balaban J connectivity index is 4.60. The van der Waals surface area contributed by atoms with Crippen LogP contribution in [0, 0.1) is 5.92 Å². The Labute approximate surface area is 175 Å². The van der Waals surface area contributed by atoms with Crippen LogP contribution in [-0.4, -0.2) is 53.4 Å². The molecule has 0 aliphatic carbocycles. The van der Waals surface area contributed by atoms with Gasteiger partial charge in [0, 0.05) is 19.9 Å². The molecule has 0 aliphatic heterocycles. The van der Waals surface area contributed by atoms with E-state index in [0.717, 1.165) is 19.3 Å². The maximum atomic E-state index is 12.6. The predicted molar refractivity (Wildman–Crippen MR) is 115 cm³/mol. The minimum absolute atomic E-state index is 0.0557. The summed E-state index contributed by atoms with van der Waals surface area (Å²) in [6, 6.07) is -0.968. The standard InChI is InChI=1S/C20H40BN3O5/c1-5-6-7-8-9-10-11-12-19(26)23-17(14-22-16(4)25)20(27)24-18(21(28)29)13-15(2)3/h15,17-18,28-29H,5-14H2,1-4H3,(H,22,25)(H,23,26)(H,24,27)/t17-,18-/m0/s1. The van der Waals surface area contributed by atoms with E-state index < -0.39 is 25.0 Å². The zero-order valence-corrected chi connectivity index (χ0v) is 18.5. The van der Waals surface area contributed by atoms with Gasteiger partial charge in [-0.15, -0.1) is 0 Å². The first-order valence-electron chi connectivity index (χ1n) is 10.9. The number of unbranched alkanes of at least 4 members (excludes halogenated alkanes) is 6. The van der Waals surface area contributed by atoms with Gasteiger partial charge in [-0.2, -0.15) is 0 Å². The monoisotopic (exact) mass is 413 g/mol. The largest absolute Gasteiger partial charge is 0.475 e. The topological polar surface area (TPSA) is 128 Å². The van der Waals surface area contributed by atoms with Crippen molar-refractivity contribution in [2.75, 3.05) is 6.54 Å². The lowest BCUT2D eigenvalue weighted by molar-refractivity contribution is -0.129. The molecule has 5 N–H and O–H groups in total. The Morgan fingerprint density at radius 2 is 1.52 bits per heavy atom. The van der Waals surface area contributed by atoms with Crippen molar-refractivity contribution >= 4 is 24.8 Å². The summed E-state index contributed by atoms with van der Waals surface area (Å²) in [5.74, 6) is -1.82. The van der Waals surface area contributed by atoms with Crippen LogP contribution in [-0.2, 0) is 14.4 Å². The van der Waals surface area contributed by atoms with Crippen LogP contribution in [0.4, 0.5) is 0 Å². The van der Waals surface area contributed by atoms with Gasteiger partial charge in [-0.3, -0.25) is 14.4 Å². The summed E-state index contributed by atoms with van der Waals surface area (Å²) in [5, 5.41) is 26.7. The van der Waals surface area contributed by atoms with Gasteiger partial charge < -0.3 is 26.0 Å². The van der Waals surface area contributed by atoms with E-state index in [2.05, 4.69) is 22.9 Å². The van der Waals surface area contributed by atoms with Gasteiger partial charge in [-0.1, -0.05) is 59.3 Å². The molecule has 0 aliphatic rings. The van der Waals surface area contributed by atoms with Crippen LogP contribution < -0.4 is 16.0 Å². The smallest absolute Gasteiger partial charge is 0.426 e. The van der Waals surface area contributed by atoms with E-state index >= 15 is 0 Å². The lowest BCUT2D eigenvalue weighted by Crippen LogP contribution is -2.57. The molecule has 168 valence electrons. The molecule has 2 atom stereocenters. The van der Waals surface area contributed by atoms with Crippen LogP contribution in [0.3, 0.4) is 0 Å². The third-order valence-corrected chi connectivity index (χ3v) is 4.63. The maximum Gasteiger partial charge on any atom is 0.475 e. The first-order valence-corrected chi connectivity index (χ1v) is 10.9. The zero-order valence-electron chi connectivity index (χ0n) is 18.5. The van der Waals surface area contributed by atoms with Crippen LogP contribution >= 0.6 is 0 Å². The quantitative estimate of drug-likeness (QED) is 0.192. The van der Waals surface area contributed by atoms with Gasteiger partial charge in [0.15, 0.2) is 0 Å². The van der Waals surface area contributed by atoms with Crippen LogP contribution in [0.1, 0.15) is 85.5 Å². The first-order chi connectivity index (χ1) is 13.7. The highest BCUT2D eigenvalue weighted by molar-refractivity contribution is 6.43. The van der Waals surface area contributed by atoms with Gasteiger partial charge in [-0.25, -0.2) is 0 Å². The normalized spacial score (nSPS) is 12.9. The fourth-order valence-electron chi connectivity index (χ4n) is 3.01. The predicted octanol–water partition coefficient (Wildman–Crippen LogP) is 1.29. The number of carbonyl (C=O) groups excluding carboxylic acids is 3. The Bertz CT molecular complexity index is 489. The van der Waals surface area contributed by atoms with E-state index in [4.69, 9.17) is 0 Å². The lowest BCUT2D eigenvalue weighted by atomic mass is 9.75. The van der Waals surface area contributed by atoms with Gasteiger partial charge in [0.25, 0.3) is 0 Å². The van der Waals surface area contributed by atoms with Gasteiger partial charge in [0.05, 0.1) is 5.94 Å². The summed E-state index contributed by atoms with van der Waals surface area (Å²) in [5.41, 5.74) is 0. The molecule has 0 saturated heterocycles. The van der Waals surface area contributed by atoms with E-state index in [0.29, 0.717) is 12.8 Å². The van der Waals surface area contributed by atoms with Crippen LogP contribution in [0.2, 0.25) is 0 Å². The Hall–Kier alpha value is -1.61. The molecular formula is C20H40BN3O5. The highest BCUT2D eigenvalue weighted by atomic mass is 16.4. The molecular weight excluding hydrogens is 373 g/mol. The van der Waals surface area contributed by atoms with Crippen molar-refractivity contribution in [3.05, 3.63) is 0 Å². The van der Waals surface area contributed by atoms with E-state index in [1.54, 1.807) is 0 Å². The number of hydrogen-bond acceptors (Lipinski definition) is 5. The minimum atomic E-state index is -1.70. The average molecular weight is 413 g/mol. The average Bonchev–Trinajstić information content (AvgIpc) is 2.63. The number of rotatable bonds is 16. The van der Waals surface area contributed by atoms with Gasteiger partial charge >= 0.3 is 7.12 Å². The van der Waals surface area contributed by atoms with Crippen LogP contribution in [0.15, 0.2) is 0 Å². The molecule has 0 radical (unpaired) electrons. The molecule has 0 aromatic heterocycles. The molecule has 0 heterocycles. The number of hydrogen-bond donors (Lipinski definition) is 5. The van der Waals surface area contributed by atoms with E-state index in [1.807, 2.05) is 13.8 Å². The second-order valence-electron chi connectivity index (χ2n) is 8.09. The number of nitrogens with one attached hydrogen (secondary N) is 3. The molecule has 0 rings (SSSR count). The Kier molecular flexibility index (Phi) is 15.3. The third-order valence-electron chi connectivity index (χ3n) is 4.63. The second kappa shape index (κ2) is 16.2. The number of amides is 3. The van der Waals surface area contributed by atoms with Gasteiger partial charge in [-0.05, 0) is 18.8 Å². The zero-order chi connectivity index (χ0) is 22.2. The van der Waals surface area contributed by atoms with Crippen molar-refractivity contribution < 1.29 is 24.4 Å². The van der Waals surface area contributed by atoms with E-state index in [9.17, 15) is 24.4 Å². The first kappa shape index (κ1) is 27.4. The Morgan fingerprint density at radius 1 is 0.931 bits per heavy atom. The maximum absolute atomic E-state index is 12.6. The second-order valence-corrected chi connectivity index (χ2v) is 8.09. The Morgan fingerprint density at radius 3 is 2.03 bits per heavy atom. The molecule has 0 spiro atoms. The summed E-state index contributed by atoms with van der Waals surface area (Å²) in [6.45, 7) is 7.25. The van der Waals surface area contributed by atoms with Gasteiger partial charge in [0.1, 0.15) is 6.04 Å². The van der Waals surface area contributed by atoms with Crippen LogP contribution in [0.25, 0.3) is 0 Å². The van der Waals surface area contributed by atoms with Crippen molar-refractivity contribution in [1.29, 1.82) is 0 Å². The fraction of sp³-hybridized carbons (Fsp3) is 0.850. The molecule has 0 aromatic rings. The molecule has 29 heavy (non-hydrogen) atoms. The van der Waals surface area contributed by atoms with Crippen molar-refractivity contribution in [3.63, 3.8) is 0 Å². The van der Waals surface area contributed by atoms with Crippen molar-refractivity contribution in [3.8, 4) is 0 Å². The molecule has 3 amide bonds. The lowest BCUT2D eigenvalue weighted by Gasteiger charge is -2.24. The van der Waals surface area contributed by atoms with Crippen molar-refractivity contribution in [2.24, 2.45) is 5.92 Å². The summed E-state index contributed by atoms with van der Waals surface area (Å²) >= 11 is 0. The van der Waals surface area contributed by atoms with Crippen molar-refractivity contribution in [1.82, 2.24) is 16.0 Å². The van der Waals surface area contributed by atoms with E-state index in [-0.39, 0.29) is 24.3 Å². The summed E-state index contributed by atoms with van der Waals surface area (Å²) < 4.78 is 0. The summed E-state index contributed by atoms with van der Waals surface area (Å²) in [6.07, 6.45) is 8.32. The SMILES string of the molecule is CCCCCCCCCC(=O)N[C@@H](CNC(C)=O)C(=O)N[C@@H](CC(C)C)B(O)O.